The molecule has 2 aromatic rings. The van der Waals surface area contributed by atoms with E-state index >= 15 is 0 Å². The van der Waals surface area contributed by atoms with Crippen LogP contribution >= 0.6 is 22.9 Å². The SMILES string of the molecule is Cc1csc(NCc2ccc(Cl)nc2)n1. The number of pyridine rings is 1. The summed E-state index contributed by atoms with van der Waals surface area (Å²) < 4.78 is 0. The van der Waals surface area contributed by atoms with Gasteiger partial charge in [-0.15, -0.1) is 11.3 Å². The smallest absolute Gasteiger partial charge is 0.183 e. The van der Waals surface area contributed by atoms with E-state index < -0.39 is 0 Å². The van der Waals surface area contributed by atoms with E-state index in [9.17, 15) is 0 Å². The molecule has 1 N–H and O–H groups in total. The van der Waals surface area contributed by atoms with Gasteiger partial charge in [0.1, 0.15) is 5.15 Å². The lowest BCUT2D eigenvalue weighted by Crippen LogP contribution is -1.99. The highest BCUT2D eigenvalue weighted by Gasteiger charge is 1.98. The van der Waals surface area contributed by atoms with E-state index in [1.165, 1.54) is 0 Å². The number of aromatic nitrogens is 2. The third kappa shape index (κ3) is 2.91. The summed E-state index contributed by atoms with van der Waals surface area (Å²) in [5.74, 6) is 0. The van der Waals surface area contributed by atoms with E-state index in [2.05, 4.69) is 15.3 Å². The molecule has 0 atom stereocenters. The number of nitrogens with one attached hydrogen (secondary N) is 1. The maximum absolute atomic E-state index is 5.69. The van der Waals surface area contributed by atoms with Gasteiger partial charge in [0.25, 0.3) is 0 Å². The predicted octanol–water partition coefficient (Wildman–Crippen LogP) is 3.11. The zero-order valence-corrected chi connectivity index (χ0v) is 9.77. The van der Waals surface area contributed by atoms with E-state index in [4.69, 9.17) is 11.6 Å². The summed E-state index contributed by atoms with van der Waals surface area (Å²) in [4.78, 5) is 8.31. The predicted molar refractivity (Wildman–Crippen MR) is 63.4 cm³/mol. The van der Waals surface area contributed by atoms with E-state index in [0.29, 0.717) is 5.15 Å². The Kier molecular flexibility index (Phi) is 3.18. The van der Waals surface area contributed by atoms with Gasteiger partial charge in [-0.2, -0.15) is 0 Å². The van der Waals surface area contributed by atoms with Crippen LogP contribution in [0.2, 0.25) is 5.15 Å². The first-order valence-corrected chi connectivity index (χ1v) is 5.76. The van der Waals surface area contributed by atoms with Gasteiger partial charge in [-0.1, -0.05) is 17.7 Å². The second kappa shape index (κ2) is 4.59. The minimum atomic E-state index is 0.517. The molecule has 15 heavy (non-hydrogen) atoms. The van der Waals surface area contributed by atoms with Crippen molar-refractivity contribution in [2.24, 2.45) is 0 Å². The summed E-state index contributed by atoms with van der Waals surface area (Å²) in [6.45, 7) is 2.70. The number of nitrogens with zero attached hydrogens (tertiary/aromatic N) is 2. The Labute approximate surface area is 97.2 Å². The summed E-state index contributed by atoms with van der Waals surface area (Å²) in [5.41, 5.74) is 2.13. The molecule has 78 valence electrons. The normalized spacial score (nSPS) is 10.3. The fraction of sp³-hybridized carbons (Fsp3) is 0.200. The third-order valence-corrected chi connectivity index (χ3v) is 2.99. The summed E-state index contributed by atoms with van der Waals surface area (Å²) in [6.07, 6.45) is 1.76. The van der Waals surface area contributed by atoms with Crippen LogP contribution in [-0.4, -0.2) is 9.97 Å². The zero-order chi connectivity index (χ0) is 10.7. The van der Waals surface area contributed by atoms with Crippen LogP contribution in [0.4, 0.5) is 5.13 Å². The topological polar surface area (TPSA) is 37.8 Å². The zero-order valence-electron chi connectivity index (χ0n) is 8.20. The van der Waals surface area contributed by atoms with Crippen molar-refractivity contribution in [2.45, 2.75) is 13.5 Å². The number of aryl methyl sites for hydroxylation is 1. The third-order valence-electron chi connectivity index (χ3n) is 1.85. The van der Waals surface area contributed by atoms with Crippen LogP contribution in [0.25, 0.3) is 0 Å². The quantitative estimate of drug-likeness (QED) is 0.837. The maximum Gasteiger partial charge on any atom is 0.183 e. The van der Waals surface area contributed by atoms with Gasteiger partial charge < -0.3 is 5.32 Å². The lowest BCUT2D eigenvalue weighted by Gasteiger charge is -2.01. The molecule has 2 rings (SSSR count). The van der Waals surface area contributed by atoms with Gasteiger partial charge >= 0.3 is 0 Å². The Hall–Kier alpha value is -1.13. The van der Waals surface area contributed by atoms with Crippen LogP contribution in [0.5, 0.6) is 0 Å². The molecule has 0 aliphatic heterocycles. The van der Waals surface area contributed by atoms with Gasteiger partial charge in [-0.05, 0) is 18.6 Å². The Morgan fingerprint density at radius 2 is 2.33 bits per heavy atom. The van der Waals surface area contributed by atoms with Gasteiger partial charge in [0, 0.05) is 18.1 Å². The number of hydrogen-bond acceptors (Lipinski definition) is 4. The van der Waals surface area contributed by atoms with Crippen LogP contribution in [0.3, 0.4) is 0 Å². The Morgan fingerprint density at radius 1 is 1.47 bits per heavy atom. The number of anilines is 1. The minimum Gasteiger partial charge on any atom is -0.357 e. The molecule has 0 fully saturated rings. The van der Waals surface area contributed by atoms with Gasteiger partial charge in [-0.3, -0.25) is 0 Å². The Balaban J connectivity index is 1.96. The highest BCUT2D eigenvalue weighted by atomic mass is 35.5. The highest BCUT2D eigenvalue weighted by molar-refractivity contribution is 7.13. The number of rotatable bonds is 3. The van der Waals surface area contributed by atoms with Crippen molar-refractivity contribution in [1.29, 1.82) is 0 Å². The van der Waals surface area contributed by atoms with Crippen molar-refractivity contribution in [3.05, 3.63) is 40.1 Å². The van der Waals surface area contributed by atoms with E-state index in [1.54, 1.807) is 23.6 Å². The molecule has 0 saturated heterocycles. The molecule has 3 nitrogen and oxygen atoms in total. The lowest BCUT2D eigenvalue weighted by atomic mass is 10.3. The molecule has 0 aliphatic carbocycles. The lowest BCUT2D eigenvalue weighted by molar-refractivity contribution is 1.09. The second-order valence-corrected chi connectivity index (χ2v) is 4.38. The van der Waals surface area contributed by atoms with Crippen LogP contribution in [0.1, 0.15) is 11.3 Å². The minimum absolute atomic E-state index is 0.517. The van der Waals surface area contributed by atoms with Gasteiger partial charge in [-0.25, -0.2) is 9.97 Å². The van der Waals surface area contributed by atoms with E-state index in [-0.39, 0.29) is 0 Å². The molecule has 0 radical (unpaired) electrons. The molecular formula is C10H10ClN3S. The van der Waals surface area contributed by atoms with Gasteiger partial charge in [0.05, 0.1) is 5.69 Å². The van der Waals surface area contributed by atoms with Crippen molar-refractivity contribution >= 4 is 28.1 Å². The van der Waals surface area contributed by atoms with Crippen LogP contribution in [0, 0.1) is 6.92 Å². The van der Waals surface area contributed by atoms with Crippen LogP contribution < -0.4 is 5.32 Å². The molecule has 2 heterocycles. The number of thiazole rings is 1. The van der Waals surface area contributed by atoms with Crippen molar-refractivity contribution < 1.29 is 0 Å². The fourth-order valence-electron chi connectivity index (χ4n) is 1.12. The molecular weight excluding hydrogens is 230 g/mol. The first-order chi connectivity index (χ1) is 7.24. The summed E-state index contributed by atoms with van der Waals surface area (Å²) in [5, 5.41) is 6.69. The number of hydrogen-bond donors (Lipinski definition) is 1. The molecule has 5 heteroatoms. The average molecular weight is 240 g/mol. The standard InChI is InChI=1S/C10H10ClN3S/c1-7-6-15-10(14-7)13-5-8-2-3-9(11)12-4-8/h2-4,6H,5H2,1H3,(H,13,14). The van der Waals surface area contributed by atoms with E-state index in [0.717, 1.165) is 22.9 Å². The van der Waals surface area contributed by atoms with Crippen LogP contribution in [0.15, 0.2) is 23.7 Å². The van der Waals surface area contributed by atoms with Crippen molar-refractivity contribution in [1.82, 2.24) is 9.97 Å². The first-order valence-electron chi connectivity index (χ1n) is 4.50. The second-order valence-electron chi connectivity index (χ2n) is 3.14. The summed E-state index contributed by atoms with van der Waals surface area (Å²) >= 11 is 7.29. The molecule has 0 spiro atoms. The van der Waals surface area contributed by atoms with Crippen LogP contribution in [-0.2, 0) is 6.54 Å². The Morgan fingerprint density at radius 3 is 2.93 bits per heavy atom. The molecule has 0 aromatic carbocycles. The maximum atomic E-state index is 5.69. The molecule has 2 aromatic heterocycles. The van der Waals surface area contributed by atoms with Gasteiger partial charge in [0.15, 0.2) is 5.13 Å². The fourth-order valence-corrected chi connectivity index (χ4v) is 1.92. The molecule has 0 aliphatic rings. The molecule has 0 bridgehead atoms. The average Bonchev–Trinajstić information content (AvgIpc) is 2.64. The summed E-state index contributed by atoms with van der Waals surface area (Å²) in [6, 6.07) is 3.73. The Bertz CT molecular complexity index is 438. The molecule has 0 saturated carbocycles. The van der Waals surface area contributed by atoms with Crippen molar-refractivity contribution in [2.75, 3.05) is 5.32 Å². The highest BCUT2D eigenvalue weighted by Crippen LogP contribution is 2.15. The monoisotopic (exact) mass is 239 g/mol. The first kappa shape index (κ1) is 10.4. The van der Waals surface area contributed by atoms with Crippen molar-refractivity contribution in [3.8, 4) is 0 Å². The van der Waals surface area contributed by atoms with E-state index in [1.807, 2.05) is 18.4 Å². The molecule has 0 unspecified atom stereocenters. The van der Waals surface area contributed by atoms with Crippen molar-refractivity contribution in [3.63, 3.8) is 0 Å². The van der Waals surface area contributed by atoms with Gasteiger partial charge in [0.2, 0.25) is 0 Å². The number of halogens is 1. The largest absolute Gasteiger partial charge is 0.357 e. The molecule has 0 amide bonds. The summed E-state index contributed by atoms with van der Waals surface area (Å²) in [7, 11) is 0.